The third-order valence-electron chi connectivity index (χ3n) is 2.60. The lowest BCUT2D eigenvalue weighted by Crippen LogP contribution is -2.30. The van der Waals surface area contributed by atoms with Gasteiger partial charge in [0.05, 0.1) is 6.54 Å². The molecule has 3 nitrogen and oxygen atoms in total. The molecule has 0 amide bonds. The van der Waals surface area contributed by atoms with E-state index in [-0.39, 0.29) is 11.9 Å². The molecule has 5 heteroatoms. The summed E-state index contributed by atoms with van der Waals surface area (Å²) in [4.78, 5) is 0. The number of benzene rings is 1. The van der Waals surface area contributed by atoms with Crippen molar-refractivity contribution in [2.45, 2.75) is 26.1 Å². The van der Waals surface area contributed by atoms with Crippen molar-refractivity contribution in [1.82, 2.24) is 15.1 Å². The van der Waals surface area contributed by atoms with Crippen LogP contribution in [0.1, 0.15) is 12.5 Å². The Hall–Kier alpha value is -1.20. The minimum absolute atomic E-state index is 0.221. The fourth-order valence-corrected chi connectivity index (χ4v) is 2.27. The van der Waals surface area contributed by atoms with Gasteiger partial charge in [0.1, 0.15) is 5.82 Å². The zero-order valence-corrected chi connectivity index (χ0v) is 11.7. The second kappa shape index (κ2) is 6.11. The number of hydrogen-bond donors (Lipinski definition) is 1. The number of hydrogen-bond acceptors (Lipinski definition) is 2. The van der Waals surface area contributed by atoms with Crippen LogP contribution in [0.5, 0.6) is 0 Å². The SMILES string of the molecule is CC(Cn1cccn1)NCc1cc(F)cc(Br)c1. The second-order valence-electron chi connectivity index (χ2n) is 4.29. The fraction of sp³-hybridized carbons (Fsp3) is 0.308. The van der Waals surface area contributed by atoms with Gasteiger partial charge in [-0.05, 0) is 36.8 Å². The fourth-order valence-electron chi connectivity index (χ4n) is 1.76. The minimum Gasteiger partial charge on any atom is -0.308 e. The largest absolute Gasteiger partial charge is 0.308 e. The van der Waals surface area contributed by atoms with Gasteiger partial charge in [-0.15, -0.1) is 0 Å². The number of rotatable bonds is 5. The lowest BCUT2D eigenvalue weighted by molar-refractivity contribution is 0.450. The predicted octanol–water partition coefficient (Wildman–Crippen LogP) is 2.96. The van der Waals surface area contributed by atoms with Gasteiger partial charge in [-0.25, -0.2) is 4.39 Å². The van der Waals surface area contributed by atoms with Crippen LogP contribution in [0.25, 0.3) is 0 Å². The lowest BCUT2D eigenvalue weighted by Gasteiger charge is -2.14. The van der Waals surface area contributed by atoms with Gasteiger partial charge in [-0.3, -0.25) is 4.68 Å². The van der Waals surface area contributed by atoms with E-state index in [0.717, 1.165) is 16.6 Å². The van der Waals surface area contributed by atoms with Gasteiger partial charge in [0.25, 0.3) is 0 Å². The first-order valence-corrected chi connectivity index (χ1v) is 6.58. The molecule has 1 unspecified atom stereocenters. The van der Waals surface area contributed by atoms with Crippen molar-refractivity contribution in [3.63, 3.8) is 0 Å². The zero-order chi connectivity index (χ0) is 13.0. The maximum Gasteiger partial charge on any atom is 0.124 e. The van der Waals surface area contributed by atoms with E-state index >= 15 is 0 Å². The third kappa shape index (κ3) is 3.92. The van der Waals surface area contributed by atoms with Crippen molar-refractivity contribution in [3.05, 3.63) is 52.5 Å². The van der Waals surface area contributed by atoms with E-state index in [4.69, 9.17) is 0 Å². The molecule has 1 heterocycles. The maximum absolute atomic E-state index is 13.2. The Morgan fingerprint density at radius 2 is 2.28 bits per heavy atom. The summed E-state index contributed by atoms with van der Waals surface area (Å²) in [6.07, 6.45) is 3.69. The van der Waals surface area contributed by atoms with Crippen LogP contribution in [-0.2, 0) is 13.1 Å². The van der Waals surface area contributed by atoms with Crippen molar-refractivity contribution >= 4 is 15.9 Å². The summed E-state index contributed by atoms with van der Waals surface area (Å²) < 4.78 is 15.8. The molecule has 0 fully saturated rings. The molecule has 0 aliphatic carbocycles. The van der Waals surface area contributed by atoms with Crippen LogP contribution in [0.4, 0.5) is 4.39 Å². The van der Waals surface area contributed by atoms with Gasteiger partial charge in [-0.2, -0.15) is 5.10 Å². The van der Waals surface area contributed by atoms with Crippen LogP contribution >= 0.6 is 15.9 Å². The van der Waals surface area contributed by atoms with Crippen molar-refractivity contribution in [3.8, 4) is 0 Å². The highest BCUT2D eigenvalue weighted by molar-refractivity contribution is 9.10. The van der Waals surface area contributed by atoms with Crippen LogP contribution in [0.15, 0.2) is 41.1 Å². The molecule has 0 aliphatic heterocycles. The molecule has 1 N–H and O–H groups in total. The summed E-state index contributed by atoms with van der Waals surface area (Å²) in [5.41, 5.74) is 0.925. The molecule has 1 aromatic heterocycles. The number of nitrogens with zero attached hydrogens (tertiary/aromatic N) is 2. The first kappa shape index (κ1) is 13.2. The normalized spacial score (nSPS) is 12.6. The molecule has 0 saturated heterocycles. The van der Waals surface area contributed by atoms with Gasteiger partial charge in [-0.1, -0.05) is 15.9 Å². The summed E-state index contributed by atoms with van der Waals surface area (Å²) in [5.74, 6) is -0.221. The highest BCUT2D eigenvalue weighted by Gasteiger charge is 2.04. The number of aromatic nitrogens is 2. The Morgan fingerprint density at radius 1 is 1.44 bits per heavy atom. The minimum atomic E-state index is -0.221. The predicted molar refractivity (Wildman–Crippen MR) is 72.6 cm³/mol. The summed E-state index contributed by atoms with van der Waals surface area (Å²) in [6, 6.07) is 7.08. The average molecular weight is 312 g/mol. The van der Waals surface area contributed by atoms with Crippen LogP contribution in [-0.4, -0.2) is 15.8 Å². The summed E-state index contributed by atoms with van der Waals surface area (Å²) in [7, 11) is 0. The lowest BCUT2D eigenvalue weighted by atomic mass is 10.2. The molecule has 18 heavy (non-hydrogen) atoms. The van der Waals surface area contributed by atoms with Gasteiger partial charge < -0.3 is 5.32 Å². The Balaban J connectivity index is 1.87. The Morgan fingerprint density at radius 3 is 2.94 bits per heavy atom. The smallest absolute Gasteiger partial charge is 0.124 e. The standard InChI is InChI=1S/C13H15BrFN3/c1-10(9-18-4-2-3-17-18)16-8-11-5-12(14)7-13(15)6-11/h2-7,10,16H,8-9H2,1H3. The van der Waals surface area contributed by atoms with Gasteiger partial charge in [0, 0.05) is 29.5 Å². The van der Waals surface area contributed by atoms with Crippen molar-refractivity contribution in [1.29, 1.82) is 0 Å². The van der Waals surface area contributed by atoms with E-state index in [0.29, 0.717) is 6.54 Å². The van der Waals surface area contributed by atoms with Crippen molar-refractivity contribution in [2.75, 3.05) is 0 Å². The Kier molecular flexibility index (Phi) is 4.49. The number of nitrogens with one attached hydrogen (secondary N) is 1. The molecule has 2 aromatic rings. The molecule has 2 rings (SSSR count). The van der Waals surface area contributed by atoms with Crippen LogP contribution in [0.3, 0.4) is 0 Å². The first-order valence-electron chi connectivity index (χ1n) is 5.79. The summed E-state index contributed by atoms with van der Waals surface area (Å²) in [5, 5.41) is 7.49. The van der Waals surface area contributed by atoms with E-state index in [2.05, 4.69) is 33.3 Å². The second-order valence-corrected chi connectivity index (χ2v) is 5.20. The highest BCUT2D eigenvalue weighted by Crippen LogP contribution is 2.14. The Labute approximate surface area is 114 Å². The molecule has 0 saturated carbocycles. The Bertz CT molecular complexity index is 479. The van der Waals surface area contributed by atoms with Gasteiger partial charge >= 0.3 is 0 Å². The van der Waals surface area contributed by atoms with Crippen LogP contribution in [0.2, 0.25) is 0 Å². The molecular weight excluding hydrogens is 297 g/mol. The molecule has 1 aromatic carbocycles. The first-order chi connectivity index (χ1) is 8.63. The zero-order valence-electron chi connectivity index (χ0n) is 10.1. The molecule has 0 bridgehead atoms. The van der Waals surface area contributed by atoms with Crippen LogP contribution < -0.4 is 5.32 Å². The van der Waals surface area contributed by atoms with E-state index < -0.39 is 0 Å². The van der Waals surface area contributed by atoms with E-state index in [9.17, 15) is 4.39 Å². The number of halogens is 2. The molecule has 0 aliphatic rings. The molecular formula is C13H15BrFN3. The molecule has 1 atom stereocenters. The van der Waals surface area contributed by atoms with E-state index in [1.165, 1.54) is 6.07 Å². The van der Waals surface area contributed by atoms with Crippen LogP contribution in [0, 0.1) is 5.82 Å². The van der Waals surface area contributed by atoms with Gasteiger partial charge in [0.15, 0.2) is 0 Å². The maximum atomic E-state index is 13.2. The average Bonchev–Trinajstić information content (AvgIpc) is 2.78. The molecule has 96 valence electrons. The third-order valence-corrected chi connectivity index (χ3v) is 3.05. The van der Waals surface area contributed by atoms with Crippen molar-refractivity contribution in [2.24, 2.45) is 0 Å². The molecule has 0 spiro atoms. The highest BCUT2D eigenvalue weighted by atomic mass is 79.9. The monoisotopic (exact) mass is 311 g/mol. The van der Waals surface area contributed by atoms with E-state index in [1.807, 2.05) is 23.0 Å². The van der Waals surface area contributed by atoms with Crippen molar-refractivity contribution < 1.29 is 4.39 Å². The molecule has 0 radical (unpaired) electrons. The van der Waals surface area contributed by atoms with Gasteiger partial charge in [0.2, 0.25) is 0 Å². The topological polar surface area (TPSA) is 29.9 Å². The summed E-state index contributed by atoms with van der Waals surface area (Å²) in [6.45, 7) is 3.51. The quantitative estimate of drug-likeness (QED) is 0.920. The summed E-state index contributed by atoms with van der Waals surface area (Å²) >= 11 is 3.29. The van der Waals surface area contributed by atoms with E-state index in [1.54, 1.807) is 12.3 Å².